The van der Waals surface area contributed by atoms with Crippen LogP contribution >= 0.6 is 11.3 Å². The van der Waals surface area contributed by atoms with Gasteiger partial charge in [-0.15, -0.1) is 0 Å². The van der Waals surface area contributed by atoms with Crippen molar-refractivity contribution in [2.45, 2.75) is 6.18 Å². The molecule has 1 aliphatic heterocycles. The monoisotopic (exact) mass is 466 g/mol. The van der Waals surface area contributed by atoms with Crippen LogP contribution in [0.1, 0.15) is 5.56 Å². The van der Waals surface area contributed by atoms with Gasteiger partial charge in [0.15, 0.2) is 5.13 Å². The van der Waals surface area contributed by atoms with E-state index in [1.54, 1.807) is 12.0 Å². The second-order valence-electron chi connectivity index (χ2n) is 7.07. The molecule has 0 amide bonds. The van der Waals surface area contributed by atoms with Gasteiger partial charge in [-0.3, -0.25) is 14.9 Å². The molecule has 0 N–H and O–H groups in total. The number of halogens is 3. The number of benzene rings is 2. The first-order valence-corrected chi connectivity index (χ1v) is 10.3. The maximum atomic E-state index is 13.1. The molecule has 1 fully saturated rings. The van der Waals surface area contributed by atoms with Crippen LogP contribution in [-0.2, 0) is 6.18 Å². The summed E-state index contributed by atoms with van der Waals surface area (Å²) in [6.07, 6.45) is -4.82. The molecule has 0 atom stereocenters. The van der Waals surface area contributed by atoms with Crippen LogP contribution in [0.3, 0.4) is 0 Å². The SMILES string of the molecule is COc1ccccc1N1CCN(c2nc(=O)c3cc(C(F)(F)F)cc([N+](=O)[O-])c3s2)CC1. The topological polar surface area (TPSA) is 88.8 Å². The molecule has 12 heteroatoms. The normalized spacial score (nSPS) is 14.6. The number of fused-ring (bicyclic) bond motifs is 1. The Kier molecular flexibility index (Phi) is 5.63. The largest absolute Gasteiger partial charge is 0.495 e. The van der Waals surface area contributed by atoms with Crippen LogP contribution in [0.4, 0.5) is 29.7 Å². The number of nitro benzene ring substituents is 1. The Balaban J connectivity index is 1.67. The quantitative estimate of drug-likeness (QED) is 0.425. The number of methoxy groups -OCH3 is 1. The van der Waals surface area contributed by atoms with Crippen LogP contribution < -0.4 is 20.1 Å². The third-order valence-corrected chi connectivity index (χ3v) is 6.36. The number of aromatic nitrogens is 1. The number of anilines is 2. The van der Waals surface area contributed by atoms with Crippen LogP contribution in [0, 0.1) is 10.1 Å². The van der Waals surface area contributed by atoms with Crippen LogP contribution in [0.25, 0.3) is 10.1 Å². The molecule has 0 spiro atoms. The Morgan fingerprint density at radius 2 is 1.78 bits per heavy atom. The molecule has 0 radical (unpaired) electrons. The zero-order chi connectivity index (χ0) is 23.0. The van der Waals surface area contributed by atoms with E-state index in [2.05, 4.69) is 9.88 Å². The van der Waals surface area contributed by atoms with Gasteiger partial charge in [-0.25, -0.2) is 0 Å². The summed E-state index contributed by atoms with van der Waals surface area (Å²) < 4.78 is 44.7. The molecule has 0 saturated carbocycles. The summed E-state index contributed by atoms with van der Waals surface area (Å²) in [5.74, 6) is 0.727. The van der Waals surface area contributed by atoms with E-state index < -0.39 is 33.3 Å². The summed E-state index contributed by atoms with van der Waals surface area (Å²) in [6.45, 7) is 2.11. The predicted octanol–water partition coefficient (Wildman–Crippen LogP) is 3.92. The lowest BCUT2D eigenvalue weighted by Crippen LogP contribution is -2.47. The molecule has 32 heavy (non-hydrogen) atoms. The molecule has 0 aliphatic carbocycles. The van der Waals surface area contributed by atoms with Crippen molar-refractivity contribution < 1.29 is 22.8 Å². The van der Waals surface area contributed by atoms with E-state index in [1.807, 2.05) is 24.3 Å². The van der Waals surface area contributed by atoms with Crippen molar-refractivity contribution in [3.63, 3.8) is 0 Å². The molecule has 0 bridgehead atoms. The van der Waals surface area contributed by atoms with E-state index in [0.717, 1.165) is 22.8 Å². The van der Waals surface area contributed by atoms with Crippen molar-refractivity contribution in [1.82, 2.24) is 4.98 Å². The molecule has 8 nitrogen and oxygen atoms in total. The van der Waals surface area contributed by atoms with Gasteiger partial charge in [0.2, 0.25) is 0 Å². The summed E-state index contributed by atoms with van der Waals surface area (Å²) in [5.41, 5.74) is -2.01. The summed E-state index contributed by atoms with van der Waals surface area (Å²) in [6, 6.07) is 8.63. The fourth-order valence-electron chi connectivity index (χ4n) is 3.61. The van der Waals surface area contributed by atoms with Crippen LogP contribution in [0.2, 0.25) is 0 Å². The number of nitrogens with zero attached hydrogens (tertiary/aromatic N) is 4. The maximum absolute atomic E-state index is 13.1. The zero-order valence-electron chi connectivity index (χ0n) is 16.8. The van der Waals surface area contributed by atoms with Crippen LogP contribution in [0.5, 0.6) is 5.75 Å². The van der Waals surface area contributed by atoms with Crippen molar-refractivity contribution in [1.29, 1.82) is 0 Å². The standard InChI is InChI=1S/C20H17F3N4O4S/c1-31-16-5-3-2-4-14(16)25-6-8-26(9-7-25)19-24-18(28)13-10-12(20(21,22)23)11-15(27(29)30)17(13)32-19/h2-5,10-11H,6-9H2,1H3. The molecule has 2 aromatic carbocycles. The van der Waals surface area contributed by atoms with E-state index in [-0.39, 0.29) is 9.83 Å². The fraction of sp³-hybridized carbons (Fsp3) is 0.300. The Labute approximate surface area is 183 Å². The van der Waals surface area contributed by atoms with Gasteiger partial charge in [-0.05, 0) is 18.2 Å². The van der Waals surface area contributed by atoms with Gasteiger partial charge >= 0.3 is 6.18 Å². The van der Waals surface area contributed by atoms with E-state index in [1.165, 1.54) is 0 Å². The third kappa shape index (κ3) is 4.05. The van der Waals surface area contributed by atoms with Gasteiger partial charge in [0.1, 0.15) is 10.4 Å². The highest BCUT2D eigenvalue weighted by atomic mass is 32.1. The number of hydrogen-bond acceptors (Lipinski definition) is 8. The molecule has 1 aliphatic rings. The van der Waals surface area contributed by atoms with Gasteiger partial charge < -0.3 is 14.5 Å². The van der Waals surface area contributed by atoms with Gasteiger partial charge in [-0.1, -0.05) is 23.5 Å². The molecule has 2 heterocycles. The Hall–Kier alpha value is -3.41. The highest BCUT2D eigenvalue weighted by molar-refractivity contribution is 7.22. The van der Waals surface area contributed by atoms with Crippen molar-refractivity contribution in [2.75, 3.05) is 43.1 Å². The summed E-state index contributed by atoms with van der Waals surface area (Å²) in [7, 11) is 1.59. The highest BCUT2D eigenvalue weighted by Crippen LogP contribution is 2.38. The maximum Gasteiger partial charge on any atom is 0.416 e. The van der Waals surface area contributed by atoms with Gasteiger partial charge in [0.25, 0.3) is 11.2 Å². The van der Waals surface area contributed by atoms with Gasteiger partial charge in [0.05, 0.1) is 28.7 Å². The summed E-state index contributed by atoms with van der Waals surface area (Å²) >= 11 is 0.849. The molecule has 1 aromatic heterocycles. The van der Waals surface area contributed by atoms with E-state index in [9.17, 15) is 28.1 Å². The number of alkyl halides is 3. The minimum absolute atomic E-state index is 0.120. The van der Waals surface area contributed by atoms with E-state index in [0.29, 0.717) is 38.3 Å². The van der Waals surface area contributed by atoms with Gasteiger partial charge in [-0.2, -0.15) is 18.2 Å². The first kappa shape index (κ1) is 21.8. The lowest BCUT2D eigenvalue weighted by molar-refractivity contribution is -0.383. The van der Waals surface area contributed by atoms with Crippen LogP contribution in [-0.4, -0.2) is 43.2 Å². The molecular weight excluding hydrogens is 449 g/mol. The number of para-hydroxylation sites is 2. The van der Waals surface area contributed by atoms with Crippen molar-refractivity contribution >= 4 is 37.9 Å². The van der Waals surface area contributed by atoms with Crippen molar-refractivity contribution in [3.8, 4) is 5.75 Å². The molecule has 4 rings (SSSR count). The predicted molar refractivity (Wildman–Crippen MR) is 115 cm³/mol. The number of hydrogen-bond donors (Lipinski definition) is 0. The molecule has 1 saturated heterocycles. The smallest absolute Gasteiger partial charge is 0.416 e. The number of non-ortho nitro benzene ring substituents is 1. The number of ether oxygens (including phenoxy) is 1. The lowest BCUT2D eigenvalue weighted by atomic mass is 10.1. The Morgan fingerprint density at radius 3 is 2.41 bits per heavy atom. The number of piperazine rings is 1. The lowest BCUT2D eigenvalue weighted by Gasteiger charge is -2.36. The fourth-order valence-corrected chi connectivity index (χ4v) is 4.72. The molecule has 168 valence electrons. The molecule has 0 unspecified atom stereocenters. The summed E-state index contributed by atoms with van der Waals surface area (Å²) in [4.78, 5) is 30.9. The third-order valence-electron chi connectivity index (χ3n) is 5.19. The minimum atomic E-state index is -4.82. The second kappa shape index (κ2) is 8.26. The highest BCUT2D eigenvalue weighted by Gasteiger charge is 2.34. The van der Waals surface area contributed by atoms with E-state index in [4.69, 9.17) is 4.74 Å². The van der Waals surface area contributed by atoms with E-state index >= 15 is 0 Å². The van der Waals surface area contributed by atoms with Crippen molar-refractivity contribution in [2.24, 2.45) is 0 Å². The second-order valence-corrected chi connectivity index (χ2v) is 8.05. The average molecular weight is 466 g/mol. The first-order valence-electron chi connectivity index (χ1n) is 9.52. The minimum Gasteiger partial charge on any atom is -0.495 e. The van der Waals surface area contributed by atoms with Crippen molar-refractivity contribution in [3.05, 3.63) is 62.4 Å². The van der Waals surface area contributed by atoms with Gasteiger partial charge in [0, 0.05) is 32.2 Å². The Morgan fingerprint density at radius 1 is 1.12 bits per heavy atom. The molecular formula is C20H17F3N4O4S. The number of rotatable bonds is 4. The Bertz CT molecular complexity index is 1240. The first-order chi connectivity index (χ1) is 15.2. The van der Waals surface area contributed by atoms with Crippen LogP contribution in [0.15, 0.2) is 41.2 Å². The molecule has 3 aromatic rings. The summed E-state index contributed by atoms with van der Waals surface area (Å²) in [5, 5.41) is 11.3. The number of nitro groups is 1. The zero-order valence-corrected chi connectivity index (χ0v) is 17.6. The average Bonchev–Trinajstić information content (AvgIpc) is 2.77.